The molecule has 31 heavy (non-hydrogen) atoms. The summed E-state index contributed by atoms with van der Waals surface area (Å²) in [5, 5.41) is 16.2. The molecule has 0 aliphatic heterocycles. The van der Waals surface area contributed by atoms with Crippen LogP contribution in [0.25, 0.3) is 5.69 Å². The maximum atomic E-state index is 13.2. The zero-order valence-electron chi connectivity index (χ0n) is 16.5. The summed E-state index contributed by atoms with van der Waals surface area (Å²) < 4.78 is 25.9. The van der Waals surface area contributed by atoms with Crippen LogP contribution in [0.1, 0.15) is 27.6 Å². The van der Waals surface area contributed by atoms with E-state index in [4.69, 9.17) is 14.4 Å². The molecule has 2 heterocycles. The lowest BCUT2D eigenvalue weighted by molar-refractivity contribution is 0.0992. The highest BCUT2D eigenvalue weighted by Gasteiger charge is 2.16. The van der Waals surface area contributed by atoms with E-state index >= 15 is 0 Å². The average Bonchev–Trinajstić information content (AvgIpc) is 3.39. The van der Waals surface area contributed by atoms with Gasteiger partial charge in [0, 0.05) is 6.07 Å². The molecule has 0 fully saturated rings. The van der Waals surface area contributed by atoms with Crippen LogP contribution in [0.2, 0.25) is 0 Å². The van der Waals surface area contributed by atoms with Crippen molar-refractivity contribution in [2.45, 2.75) is 13.5 Å². The second-order valence-electron chi connectivity index (χ2n) is 6.68. The molecule has 0 radical (unpaired) electrons. The van der Waals surface area contributed by atoms with Gasteiger partial charge in [-0.1, -0.05) is 12.1 Å². The smallest absolute Gasteiger partial charge is 0.292 e. The van der Waals surface area contributed by atoms with Crippen LogP contribution in [0.4, 0.5) is 10.2 Å². The van der Waals surface area contributed by atoms with Crippen molar-refractivity contribution in [1.29, 1.82) is 5.26 Å². The number of carbonyl (C=O) groups excluding carboxylic acids is 1. The van der Waals surface area contributed by atoms with E-state index in [0.29, 0.717) is 34.3 Å². The van der Waals surface area contributed by atoms with Crippen LogP contribution < -0.4 is 10.1 Å². The van der Waals surface area contributed by atoms with Gasteiger partial charge in [-0.05, 0) is 55.5 Å². The third kappa shape index (κ3) is 4.46. The first-order valence-electron chi connectivity index (χ1n) is 9.38. The highest BCUT2D eigenvalue weighted by molar-refractivity contribution is 6.02. The van der Waals surface area contributed by atoms with Gasteiger partial charge in [-0.15, -0.1) is 0 Å². The number of nitriles is 1. The van der Waals surface area contributed by atoms with Gasteiger partial charge in [0.25, 0.3) is 5.91 Å². The van der Waals surface area contributed by atoms with Crippen molar-refractivity contribution in [2.24, 2.45) is 0 Å². The molecule has 1 amide bonds. The number of para-hydroxylation sites is 1. The van der Waals surface area contributed by atoms with Crippen molar-refractivity contribution in [3.63, 3.8) is 0 Å². The van der Waals surface area contributed by atoms with Gasteiger partial charge in [-0.2, -0.15) is 10.4 Å². The van der Waals surface area contributed by atoms with Gasteiger partial charge in [0.05, 0.1) is 16.9 Å². The van der Waals surface area contributed by atoms with Crippen molar-refractivity contribution < 1.29 is 18.3 Å². The lowest BCUT2D eigenvalue weighted by Gasteiger charge is -2.08. The van der Waals surface area contributed by atoms with Gasteiger partial charge in [-0.25, -0.2) is 9.07 Å². The second kappa shape index (κ2) is 8.55. The van der Waals surface area contributed by atoms with Crippen molar-refractivity contribution in [3.05, 3.63) is 95.3 Å². The topological polar surface area (TPSA) is 93.1 Å². The number of aromatic nitrogens is 2. The highest BCUT2D eigenvalue weighted by Crippen LogP contribution is 2.21. The number of nitrogens with one attached hydrogen (secondary N) is 1. The number of rotatable bonds is 6. The molecule has 0 saturated heterocycles. The van der Waals surface area contributed by atoms with Gasteiger partial charge >= 0.3 is 0 Å². The van der Waals surface area contributed by atoms with E-state index in [1.54, 1.807) is 55.5 Å². The number of hydrogen-bond donors (Lipinski definition) is 1. The summed E-state index contributed by atoms with van der Waals surface area (Å²) in [6, 6.07) is 19.6. The molecule has 4 rings (SSSR count). The quantitative estimate of drug-likeness (QED) is 0.495. The Morgan fingerprint density at radius 3 is 2.74 bits per heavy atom. The summed E-state index contributed by atoms with van der Waals surface area (Å²) in [7, 11) is 0. The summed E-state index contributed by atoms with van der Waals surface area (Å²) in [6.45, 7) is 1.86. The molecule has 2 aromatic heterocycles. The Bertz CT molecular complexity index is 1270. The molecule has 0 aliphatic carbocycles. The number of furan rings is 1. The molecule has 0 bridgehead atoms. The number of halogens is 1. The van der Waals surface area contributed by atoms with Crippen molar-refractivity contribution in [3.8, 4) is 17.5 Å². The summed E-state index contributed by atoms with van der Waals surface area (Å²) in [4.78, 5) is 12.7. The Balaban J connectivity index is 1.46. The number of anilines is 1. The standard InChI is InChI=1S/C23H17FN4O3/c1-15-12-22(28(27-15)18-8-6-17(24)7-9-18)26-23(29)21-11-10-19(31-21)14-30-20-5-3-2-4-16(20)13-25/h2-12H,14H2,1H3,(H,26,29). The lowest BCUT2D eigenvalue weighted by atomic mass is 10.2. The first-order chi connectivity index (χ1) is 15.0. The molecular weight excluding hydrogens is 399 g/mol. The van der Waals surface area contributed by atoms with Crippen LogP contribution >= 0.6 is 0 Å². The normalized spacial score (nSPS) is 10.5. The largest absolute Gasteiger partial charge is 0.484 e. The van der Waals surface area contributed by atoms with Gasteiger partial charge in [0.15, 0.2) is 5.76 Å². The Hall–Kier alpha value is -4.38. The van der Waals surface area contributed by atoms with Gasteiger partial charge in [-0.3, -0.25) is 4.79 Å². The molecule has 0 spiro atoms. The minimum absolute atomic E-state index is 0.0680. The summed E-state index contributed by atoms with van der Waals surface area (Å²) in [6.07, 6.45) is 0. The summed E-state index contributed by atoms with van der Waals surface area (Å²) >= 11 is 0. The van der Waals surface area contributed by atoms with Crippen molar-refractivity contribution in [2.75, 3.05) is 5.32 Å². The van der Waals surface area contributed by atoms with E-state index in [0.717, 1.165) is 0 Å². The van der Waals surface area contributed by atoms with Crippen molar-refractivity contribution >= 4 is 11.7 Å². The minimum atomic E-state index is -0.466. The minimum Gasteiger partial charge on any atom is -0.484 e. The molecule has 8 heteroatoms. The second-order valence-corrected chi connectivity index (χ2v) is 6.68. The van der Waals surface area contributed by atoms with Gasteiger partial charge in [0.2, 0.25) is 0 Å². The third-order valence-corrected chi connectivity index (χ3v) is 4.41. The molecule has 0 aliphatic rings. The van der Waals surface area contributed by atoms with Crippen LogP contribution in [0.15, 0.2) is 71.1 Å². The fraction of sp³-hybridized carbons (Fsp3) is 0.0870. The first kappa shape index (κ1) is 19.9. The maximum Gasteiger partial charge on any atom is 0.292 e. The van der Waals surface area contributed by atoms with E-state index in [-0.39, 0.29) is 18.2 Å². The number of amides is 1. The Morgan fingerprint density at radius 2 is 1.97 bits per heavy atom. The molecule has 4 aromatic rings. The fourth-order valence-electron chi connectivity index (χ4n) is 2.96. The zero-order chi connectivity index (χ0) is 21.8. The first-order valence-corrected chi connectivity index (χ1v) is 9.38. The number of benzene rings is 2. The number of ether oxygens (including phenoxy) is 1. The number of hydrogen-bond acceptors (Lipinski definition) is 5. The Labute approximate surface area is 177 Å². The van der Waals surface area contributed by atoms with E-state index < -0.39 is 5.91 Å². The highest BCUT2D eigenvalue weighted by atomic mass is 19.1. The molecule has 0 unspecified atom stereocenters. The lowest BCUT2D eigenvalue weighted by Crippen LogP contribution is -2.14. The summed E-state index contributed by atoms with van der Waals surface area (Å²) in [5.74, 6) is 0.558. The SMILES string of the molecule is Cc1cc(NC(=O)c2ccc(COc3ccccc3C#N)o2)n(-c2ccc(F)cc2)n1. The number of nitrogens with zero attached hydrogens (tertiary/aromatic N) is 3. The number of aryl methyl sites for hydroxylation is 1. The van der Waals surface area contributed by atoms with Crippen molar-refractivity contribution in [1.82, 2.24) is 9.78 Å². The average molecular weight is 416 g/mol. The van der Waals surface area contributed by atoms with Crippen LogP contribution in [-0.2, 0) is 6.61 Å². The molecule has 1 N–H and O–H groups in total. The van der Waals surface area contributed by atoms with E-state index in [9.17, 15) is 9.18 Å². The molecule has 0 saturated carbocycles. The number of carbonyl (C=O) groups is 1. The molecule has 0 atom stereocenters. The predicted octanol–water partition coefficient (Wildman–Crippen LogP) is 4.62. The monoisotopic (exact) mass is 416 g/mol. The van der Waals surface area contributed by atoms with Gasteiger partial charge in [0.1, 0.15) is 35.8 Å². The van der Waals surface area contributed by atoms with Crippen LogP contribution in [-0.4, -0.2) is 15.7 Å². The van der Waals surface area contributed by atoms with E-state index in [1.807, 2.05) is 0 Å². The van der Waals surface area contributed by atoms with Gasteiger partial charge < -0.3 is 14.5 Å². The molecule has 7 nitrogen and oxygen atoms in total. The van der Waals surface area contributed by atoms with Crippen LogP contribution in [0, 0.1) is 24.1 Å². The third-order valence-electron chi connectivity index (χ3n) is 4.41. The van der Waals surface area contributed by atoms with E-state index in [1.165, 1.54) is 22.9 Å². The molecule has 2 aromatic carbocycles. The predicted molar refractivity (Wildman–Crippen MR) is 110 cm³/mol. The van der Waals surface area contributed by atoms with Crippen LogP contribution in [0.5, 0.6) is 5.75 Å². The molecular formula is C23H17FN4O3. The zero-order valence-corrected chi connectivity index (χ0v) is 16.5. The fourth-order valence-corrected chi connectivity index (χ4v) is 2.96. The Morgan fingerprint density at radius 1 is 1.19 bits per heavy atom. The Kier molecular flexibility index (Phi) is 5.49. The van der Waals surface area contributed by atoms with E-state index in [2.05, 4.69) is 16.5 Å². The van der Waals surface area contributed by atoms with Crippen LogP contribution in [0.3, 0.4) is 0 Å². The maximum absolute atomic E-state index is 13.2. The summed E-state index contributed by atoms with van der Waals surface area (Å²) in [5.41, 5.74) is 1.70. The molecule has 154 valence electrons.